The van der Waals surface area contributed by atoms with E-state index in [-0.39, 0.29) is 5.41 Å². The lowest BCUT2D eigenvalue weighted by Gasteiger charge is -2.28. The molecule has 8 heteroatoms. The maximum absolute atomic E-state index is 12.5. The van der Waals surface area contributed by atoms with Crippen molar-refractivity contribution in [3.05, 3.63) is 37.8 Å². The number of sulfonamides is 1. The molecule has 1 atom stereocenters. The van der Waals surface area contributed by atoms with Crippen molar-refractivity contribution in [3.8, 4) is 0 Å². The Bertz CT molecular complexity index is 804. The van der Waals surface area contributed by atoms with Crippen molar-refractivity contribution >= 4 is 48.6 Å². The van der Waals surface area contributed by atoms with Crippen molar-refractivity contribution in [3.63, 3.8) is 0 Å². The Hall–Kier alpha value is -0.250. The van der Waals surface area contributed by atoms with Gasteiger partial charge in [-0.05, 0) is 60.0 Å². The fourth-order valence-corrected chi connectivity index (χ4v) is 7.54. The second kappa shape index (κ2) is 7.17. The van der Waals surface area contributed by atoms with Gasteiger partial charge in [0.2, 0.25) is 10.0 Å². The van der Waals surface area contributed by atoms with Crippen LogP contribution in [0.25, 0.3) is 0 Å². The second-order valence-corrected chi connectivity index (χ2v) is 11.8. The van der Waals surface area contributed by atoms with Gasteiger partial charge < -0.3 is 5.11 Å². The Morgan fingerprint density at radius 3 is 2.50 bits per heavy atom. The molecule has 0 amide bonds. The predicted molar refractivity (Wildman–Crippen MR) is 102 cm³/mol. The molecule has 1 aliphatic rings. The van der Waals surface area contributed by atoms with Gasteiger partial charge in [-0.2, -0.15) is 0 Å². The van der Waals surface area contributed by atoms with E-state index in [0.29, 0.717) is 10.8 Å². The van der Waals surface area contributed by atoms with E-state index in [9.17, 15) is 13.5 Å². The lowest BCUT2D eigenvalue weighted by molar-refractivity contribution is 0.203. The van der Waals surface area contributed by atoms with Crippen LogP contribution in [-0.4, -0.2) is 20.1 Å². The minimum Gasteiger partial charge on any atom is -0.388 e. The number of aliphatic hydroxyl groups is 1. The summed E-state index contributed by atoms with van der Waals surface area (Å²) in [6.07, 6.45) is 3.68. The van der Waals surface area contributed by atoms with Crippen molar-refractivity contribution in [2.75, 3.05) is 6.54 Å². The van der Waals surface area contributed by atoms with Crippen LogP contribution in [0.4, 0.5) is 0 Å². The van der Waals surface area contributed by atoms with Crippen LogP contribution in [0.5, 0.6) is 0 Å². The highest BCUT2D eigenvalue weighted by atomic mass is 79.9. The molecule has 0 aliphatic heterocycles. The first-order valence-corrected chi connectivity index (χ1v) is 11.8. The van der Waals surface area contributed by atoms with Crippen LogP contribution in [0, 0.1) is 0 Å². The van der Waals surface area contributed by atoms with E-state index >= 15 is 0 Å². The molecular weight excluding hydrogens is 430 g/mol. The monoisotopic (exact) mass is 449 g/mol. The van der Waals surface area contributed by atoms with Crippen molar-refractivity contribution in [1.82, 2.24) is 4.72 Å². The standard InChI is InChI=1S/C16H20BrNO3S3/c1-11(19)12-4-5-13(22-12)16(8-2-3-9-16)10-18-24(20,21)15-7-6-14(17)23-15/h4-7,11,18-19H,2-3,8-10H2,1H3. The topological polar surface area (TPSA) is 66.4 Å². The number of hydrogen-bond acceptors (Lipinski definition) is 5. The smallest absolute Gasteiger partial charge is 0.250 e. The van der Waals surface area contributed by atoms with Crippen molar-refractivity contribution in [2.45, 2.75) is 48.3 Å². The Morgan fingerprint density at radius 2 is 1.96 bits per heavy atom. The molecule has 1 saturated carbocycles. The summed E-state index contributed by atoms with van der Waals surface area (Å²) in [6.45, 7) is 2.17. The van der Waals surface area contributed by atoms with Crippen molar-refractivity contribution in [2.24, 2.45) is 0 Å². The average Bonchev–Trinajstić information content (AvgIpc) is 3.25. The minimum atomic E-state index is -3.49. The van der Waals surface area contributed by atoms with Gasteiger partial charge in [-0.1, -0.05) is 12.8 Å². The molecule has 24 heavy (non-hydrogen) atoms. The summed E-state index contributed by atoms with van der Waals surface area (Å²) in [6, 6.07) is 7.37. The molecule has 0 spiro atoms. The SMILES string of the molecule is CC(O)c1ccc(C2(CNS(=O)(=O)c3ccc(Br)s3)CCCC2)s1. The number of hydrogen-bond donors (Lipinski definition) is 2. The van der Waals surface area contributed by atoms with Crippen LogP contribution in [0.1, 0.15) is 48.5 Å². The quantitative estimate of drug-likeness (QED) is 0.685. The molecule has 1 aliphatic carbocycles. The van der Waals surface area contributed by atoms with E-state index in [1.165, 1.54) is 16.2 Å². The summed E-state index contributed by atoms with van der Waals surface area (Å²) in [5.74, 6) is 0. The third-order valence-electron chi connectivity index (χ3n) is 4.54. The largest absolute Gasteiger partial charge is 0.388 e. The molecule has 2 aromatic rings. The highest BCUT2D eigenvalue weighted by Crippen LogP contribution is 2.44. The zero-order valence-electron chi connectivity index (χ0n) is 13.3. The molecule has 1 unspecified atom stereocenters. The highest BCUT2D eigenvalue weighted by Gasteiger charge is 2.38. The van der Waals surface area contributed by atoms with Gasteiger partial charge in [-0.3, -0.25) is 0 Å². The summed E-state index contributed by atoms with van der Waals surface area (Å²) in [7, 11) is -3.49. The molecule has 1 fully saturated rings. The zero-order valence-corrected chi connectivity index (χ0v) is 17.3. The first kappa shape index (κ1) is 18.5. The van der Waals surface area contributed by atoms with Gasteiger partial charge in [0, 0.05) is 21.7 Å². The number of halogens is 1. The highest BCUT2D eigenvalue weighted by molar-refractivity contribution is 9.11. The maximum Gasteiger partial charge on any atom is 0.250 e. The Kier molecular flexibility index (Phi) is 5.54. The Morgan fingerprint density at radius 1 is 1.25 bits per heavy atom. The number of nitrogens with one attached hydrogen (secondary N) is 1. The van der Waals surface area contributed by atoms with Gasteiger partial charge in [-0.15, -0.1) is 22.7 Å². The van der Waals surface area contributed by atoms with Crippen LogP contribution < -0.4 is 4.72 Å². The summed E-state index contributed by atoms with van der Waals surface area (Å²) in [5, 5.41) is 9.77. The lowest BCUT2D eigenvalue weighted by Crippen LogP contribution is -2.38. The second-order valence-electron chi connectivity index (χ2n) is 6.25. The minimum absolute atomic E-state index is 0.153. The first-order valence-electron chi connectivity index (χ1n) is 7.86. The summed E-state index contributed by atoms with van der Waals surface area (Å²) in [5.41, 5.74) is -0.153. The van der Waals surface area contributed by atoms with Crippen LogP contribution in [0.15, 0.2) is 32.3 Å². The molecule has 2 aromatic heterocycles. The van der Waals surface area contributed by atoms with Crippen LogP contribution in [0.3, 0.4) is 0 Å². The summed E-state index contributed by atoms with van der Waals surface area (Å²) in [4.78, 5) is 2.10. The normalized spacial score (nSPS) is 18.8. The van der Waals surface area contributed by atoms with E-state index in [2.05, 4.69) is 20.7 Å². The third-order valence-corrected chi connectivity index (χ3v) is 9.55. The van der Waals surface area contributed by atoms with Crippen LogP contribution >= 0.6 is 38.6 Å². The molecule has 0 saturated heterocycles. The first-order chi connectivity index (χ1) is 11.3. The van der Waals surface area contributed by atoms with Crippen LogP contribution in [0.2, 0.25) is 0 Å². The average molecular weight is 450 g/mol. The molecule has 3 rings (SSSR count). The summed E-state index contributed by atoms with van der Waals surface area (Å²) < 4.78 is 29.0. The molecular formula is C16H20BrNO3S3. The number of rotatable bonds is 6. The molecule has 0 bridgehead atoms. The predicted octanol–water partition coefficient (Wildman–Crippen LogP) is 4.42. The molecule has 0 radical (unpaired) electrons. The molecule has 2 heterocycles. The lowest BCUT2D eigenvalue weighted by atomic mass is 9.85. The van der Waals surface area contributed by atoms with Gasteiger partial charge in [-0.25, -0.2) is 13.1 Å². The van der Waals surface area contributed by atoms with E-state index in [0.717, 1.165) is 34.3 Å². The Labute approximate surface area is 159 Å². The number of aliphatic hydroxyl groups excluding tert-OH is 1. The Balaban J connectivity index is 1.81. The summed E-state index contributed by atoms with van der Waals surface area (Å²) >= 11 is 6.12. The van der Waals surface area contributed by atoms with Gasteiger partial charge in [0.1, 0.15) is 4.21 Å². The zero-order chi connectivity index (χ0) is 17.4. The molecule has 2 N–H and O–H groups in total. The van der Waals surface area contributed by atoms with Crippen molar-refractivity contribution in [1.29, 1.82) is 0 Å². The van der Waals surface area contributed by atoms with Crippen LogP contribution in [-0.2, 0) is 15.4 Å². The maximum atomic E-state index is 12.5. The molecule has 0 aromatic carbocycles. The van der Waals surface area contributed by atoms with Gasteiger partial charge in [0.15, 0.2) is 0 Å². The fourth-order valence-electron chi connectivity index (χ4n) is 3.17. The third kappa shape index (κ3) is 3.78. The van der Waals surface area contributed by atoms with E-state index in [4.69, 9.17) is 0 Å². The van der Waals surface area contributed by atoms with E-state index < -0.39 is 16.1 Å². The number of thiophene rings is 2. The van der Waals surface area contributed by atoms with E-state index in [1.54, 1.807) is 30.4 Å². The molecule has 132 valence electrons. The van der Waals surface area contributed by atoms with Gasteiger partial charge in [0.25, 0.3) is 0 Å². The van der Waals surface area contributed by atoms with Gasteiger partial charge in [0.05, 0.1) is 9.89 Å². The fraction of sp³-hybridized carbons (Fsp3) is 0.500. The van der Waals surface area contributed by atoms with E-state index in [1.807, 2.05) is 12.1 Å². The molecule has 4 nitrogen and oxygen atoms in total. The van der Waals surface area contributed by atoms with Gasteiger partial charge >= 0.3 is 0 Å². The van der Waals surface area contributed by atoms with Crippen molar-refractivity contribution < 1.29 is 13.5 Å².